The number of hydrogen-bond donors (Lipinski definition) is 1. The van der Waals surface area contributed by atoms with E-state index in [4.69, 9.17) is 5.73 Å². The molecule has 0 saturated carbocycles. The van der Waals surface area contributed by atoms with Gasteiger partial charge in [0.25, 0.3) is 0 Å². The second kappa shape index (κ2) is 4.18. The molecular weight excluding hydrogens is 236 g/mol. The van der Waals surface area contributed by atoms with Gasteiger partial charge in [-0.15, -0.1) is 0 Å². The van der Waals surface area contributed by atoms with E-state index in [-0.39, 0.29) is 4.90 Å². The minimum Gasteiger partial charge on any atom is -0.384 e. The molecule has 0 radical (unpaired) electrons. The molecule has 0 aliphatic rings. The van der Waals surface area contributed by atoms with Crippen LogP contribution in [0.4, 0.5) is 5.82 Å². The number of hydrogen-bond acceptors (Lipinski definition) is 4. The molecule has 0 spiro atoms. The maximum atomic E-state index is 11.4. The first-order valence-corrected chi connectivity index (χ1v) is 6.89. The van der Waals surface area contributed by atoms with Crippen molar-refractivity contribution >= 4 is 15.7 Å². The molecule has 2 N–H and O–H groups in total. The van der Waals surface area contributed by atoms with Crippen LogP contribution in [0.1, 0.15) is 0 Å². The fraction of sp³-hybridized carbons (Fsp3) is 0.0833. The van der Waals surface area contributed by atoms with E-state index in [0.29, 0.717) is 11.5 Å². The van der Waals surface area contributed by atoms with Crippen LogP contribution < -0.4 is 5.73 Å². The first kappa shape index (κ1) is 11.6. The third kappa shape index (κ3) is 2.62. The average molecular weight is 248 g/mol. The Hall–Kier alpha value is -1.88. The first-order chi connectivity index (χ1) is 7.97. The molecule has 2 aromatic rings. The predicted octanol–water partition coefficient (Wildman–Crippen LogP) is 1.73. The number of nitrogens with two attached hydrogens (primary N) is 1. The lowest BCUT2D eigenvalue weighted by atomic mass is 10.1. The number of benzene rings is 1. The number of pyridine rings is 1. The van der Waals surface area contributed by atoms with E-state index in [1.54, 1.807) is 42.5 Å². The Kier molecular flexibility index (Phi) is 2.85. The van der Waals surface area contributed by atoms with Gasteiger partial charge in [0.15, 0.2) is 9.84 Å². The van der Waals surface area contributed by atoms with E-state index >= 15 is 0 Å². The molecule has 0 saturated heterocycles. The molecule has 88 valence electrons. The number of aromatic nitrogens is 1. The topological polar surface area (TPSA) is 73.0 Å². The second-order valence-electron chi connectivity index (χ2n) is 3.75. The zero-order chi connectivity index (χ0) is 12.5. The van der Waals surface area contributed by atoms with E-state index in [1.807, 2.05) is 0 Å². The summed E-state index contributed by atoms with van der Waals surface area (Å²) in [4.78, 5) is 4.43. The zero-order valence-electron chi connectivity index (χ0n) is 9.29. The zero-order valence-corrected chi connectivity index (χ0v) is 10.1. The highest BCUT2D eigenvalue weighted by Crippen LogP contribution is 2.21. The van der Waals surface area contributed by atoms with E-state index in [1.165, 1.54) is 6.26 Å². The van der Waals surface area contributed by atoms with Crippen LogP contribution in [0.3, 0.4) is 0 Å². The summed E-state index contributed by atoms with van der Waals surface area (Å²) in [5.41, 5.74) is 6.99. The summed E-state index contributed by atoms with van der Waals surface area (Å²) in [7, 11) is -3.20. The van der Waals surface area contributed by atoms with Crippen molar-refractivity contribution in [2.24, 2.45) is 0 Å². The predicted molar refractivity (Wildman–Crippen MR) is 67.2 cm³/mol. The van der Waals surface area contributed by atoms with Crippen molar-refractivity contribution in [3.05, 3.63) is 42.5 Å². The van der Waals surface area contributed by atoms with Gasteiger partial charge in [-0.1, -0.05) is 18.2 Å². The Morgan fingerprint density at radius 3 is 2.47 bits per heavy atom. The Morgan fingerprint density at radius 2 is 1.82 bits per heavy atom. The van der Waals surface area contributed by atoms with Crippen LogP contribution >= 0.6 is 0 Å². The van der Waals surface area contributed by atoms with Crippen molar-refractivity contribution in [3.63, 3.8) is 0 Å². The molecule has 1 aromatic heterocycles. The van der Waals surface area contributed by atoms with E-state index in [2.05, 4.69) is 4.98 Å². The minimum absolute atomic E-state index is 0.277. The summed E-state index contributed by atoms with van der Waals surface area (Å²) < 4.78 is 22.9. The Labute approximate surface area is 100 Å². The highest BCUT2D eigenvalue weighted by molar-refractivity contribution is 7.90. The van der Waals surface area contributed by atoms with Gasteiger partial charge in [0, 0.05) is 11.8 Å². The Bertz CT molecular complexity index is 651. The number of nitrogens with zero attached hydrogens (tertiary/aromatic N) is 1. The summed E-state index contributed by atoms with van der Waals surface area (Å²) in [6, 6.07) is 11.9. The lowest BCUT2D eigenvalue weighted by Crippen LogP contribution is -1.97. The van der Waals surface area contributed by atoms with Gasteiger partial charge in [0.05, 0.1) is 10.6 Å². The van der Waals surface area contributed by atoms with Crippen molar-refractivity contribution in [3.8, 4) is 11.3 Å². The lowest BCUT2D eigenvalue weighted by Gasteiger charge is -2.04. The molecule has 0 aliphatic carbocycles. The molecular formula is C12H12N2O2S. The molecule has 17 heavy (non-hydrogen) atoms. The quantitative estimate of drug-likeness (QED) is 0.878. The van der Waals surface area contributed by atoms with Gasteiger partial charge in [0.2, 0.25) is 0 Å². The van der Waals surface area contributed by atoms with Gasteiger partial charge in [-0.05, 0) is 24.3 Å². The Morgan fingerprint density at radius 1 is 1.12 bits per heavy atom. The van der Waals surface area contributed by atoms with Gasteiger partial charge in [0.1, 0.15) is 5.82 Å². The third-order valence-electron chi connectivity index (χ3n) is 2.33. The number of rotatable bonds is 2. The summed E-state index contributed by atoms with van der Waals surface area (Å²) in [6.07, 6.45) is 1.18. The van der Waals surface area contributed by atoms with Crippen LogP contribution in [-0.2, 0) is 9.84 Å². The highest BCUT2D eigenvalue weighted by atomic mass is 32.2. The van der Waals surface area contributed by atoms with Crippen LogP contribution in [-0.4, -0.2) is 19.7 Å². The average Bonchev–Trinajstić information content (AvgIpc) is 2.28. The minimum atomic E-state index is -3.20. The van der Waals surface area contributed by atoms with Crippen LogP contribution in [0.5, 0.6) is 0 Å². The van der Waals surface area contributed by atoms with Gasteiger partial charge in [-0.2, -0.15) is 0 Å². The van der Waals surface area contributed by atoms with Crippen molar-refractivity contribution in [2.45, 2.75) is 4.90 Å². The van der Waals surface area contributed by atoms with Crippen molar-refractivity contribution in [2.75, 3.05) is 12.0 Å². The number of nitrogen functional groups attached to an aromatic ring is 1. The third-order valence-corrected chi connectivity index (χ3v) is 3.44. The molecule has 0 aliphatic heterocycles. The number of anilines is 1. The van der Waals surface area contributed by atoms with Crippen LogP contribution in [0.25, 0.3) is 11.3 Å². The van der Waals surface area contributed by atoms with Crippen molar-refractivity contribution in [1.82, 2.24) is 4.98 Å². The molecule has 1 heterocycles. The first-order valence-electron chi connectivity index (χ1n) is 5.00. The van der Waals surface area contributed by atoms with E-state index in [0.717, 1.165) is 5.56 Å². The second-order valence-corrected chi connectivity index (χ2v) is 5.76. The number of sulfone groups is 1. The largest absolute Gasteiger partial charge is 0.384 e. The summed E-state index contributed by atoms with van der Waals surface area (Å²) in [5.74, 6) is 0.409. The van der Waals surface area contributed by atoms with E-state index < -0.39 is 9.84 Å². The van der Waals surface area contributed by atoms with E-state index in [9.17, 15) is 8.42 Å². The molecule has 0 unspecified atom stereocenters. The van der Waals surface area contributed by atoms with Gasteiger partial charge >= 0.3 is 0 Å². The summed E-state index contributed by atoms with van der Waals surface area (Å²) in [6.45, 7) is 0. The van der Waals surface area contributed by atoms with Crippen LogP contribution in [0, 0.1) is 0 Å². The van der Waals surface area contributed by atoms with Crippen LogP contribution in [0.2, 0.25) is 0 Å². The Balaban J connectivity index is 2.54. The fourth-order valence-corrected chi connectivity index (χ4v) is 2.17. The summed E-state index contributed by atoms with van der Waals surface area (Å²) >= 11 is 0. The molecule has 0 atom stereocenters. The van der Waals surface area contributed by atoms with Gasteiger partial charge in [-0.25, -0.2) is 13.4 Å². The maximum absolute atomic E-state index is 11.4. The molecule has 0 amide bonds. The van der Waals surface area contributed by atoms with Gasteiger partial charge in [-0.3, -0.25) is 0 Å². The van der Waals surface area contributed by atoms with Gasteiger partial charge < -0.3 is 5.73 Å². The molecule has 0 fully saturated rings. The normalized spacial score (nSPS) is 11.4. The SMILES string of the molecule is CS(=O)(=O)c1cccc(-c2cccc(N)n2)c1. The molecule has 0 bridgehead atoms. The van der Waals surface area contributed by atoms with Crippen LogP contribution in [0.15, 0.2) is 47.4 Å². The maximum Gasteiger partial charge on any atom is 0.175 e. The molecule has 2 rings (SSSR count). The molecule has 4 nitrogen and oxygen atoms in total. The molecule has 5 heteroatoms. The monoisotopic (exact) mass is 248 g/mol. The van der Waals surface area contributed by atoms with Crippen molar-refractivity contribution < 1.29 is 8.42 Å². The smallest absolute Gasteiger partial charge is 0.175 e. The fourth-order valence-electron chi connectivity index (χ4n) is 1.50. The van der Waals surface area contributed by atoms with Crippen molar-refractivity contribution in [1.29, 1.82) is 0 Å². The molecule has 1 aromatic carbocycles. The highest BCUT2D eigenvalue weighted by Gasteiger charge is 2.08. The standard InChI is InChI=1S/C12H12N2O2S/c1-17(15,16)10-5-2-4-9(8-10)11-6-3-7-12(13)14-11/h2-8H,1H3,(H2,13,14). The lowest BCUT2D eigenvalue weighted by molar-refractivity contribution is 0.602. The summed E-state index contributed by atoms with van der Waals surface area (Å²) in [5, 5.41) is 0.